The molecule has 0 saturated heterocycles. The summed E-state index contributed by atoms with van der Waals surface area (Å²) in [6, 6.07) is 2.13. The lowest BCUT2D eigenvalue weighted by molar-refractivity contribution is 0.0963. The number of rotatable bonds is 5. The van der Waals surface area contributed by atoms with Crippen LogP contribution in [0.25, 0.3) is 0 Å². The maximum atomic E-state index is 9.78. The summed E-state index contributed by atoms with van der Waals surface area (Å²) in [6.07, 6.45) is 0.643. The number of aliphatic hydroxyl groups excluding tert-OH is 1. The second-order valence-corrected chi connectivity index (χ2v) is 4.95. The molecule has 0 spiro atoms. The molecule has 92 valence electrons. The van der Waals surface area contributed by atoms with Crippen LogP contribution in [0.15, 0.2) is 6.07 Å². The van der Waals surface area contributed by atoms with Gasteiger partial charge in [0.05, 0.1) is 11.8 Å². The van der Waals surface area contributed by atoms with Gasteiger partial charge in [-0.2, -0.15) is 5.10 Å². The Hall–Kier alpha value is -0.830. The van der Waals surface area contributed by atoms with Crippen molar-refractivity contribution < 1.29 is 5.11 Å². The van der Waals surface area contributed by atoms with Gasteiger partial charge in [-0.1, -0.05) is 13.8 Å². The topological polar surface area (TPSA) is 38.0 Å². The average molecular weight is 224 g/mol. The minimum atomic E-state index is -0.263. The highest BCUT2D eigenvalue weighted by Gasteiger charge is 2.21. The molecule has 0 aliphatic rings. The van der Waals surface area contributed by atoms with Gasteiger partial charge >= 0.3 is 0 Å². The predicted octanol–water partition coefficient (Wildman–Crippen LogP) is 2.41. The summed E-state index contributed by atoms with van der Waals surface area (Å²) < 4.78 is 2.03. The molecule has 1 aromatic heterocycles. The third-order valence-electron chi connectivity index (χ3n) is 3.21. The first kappa shape index (κ1) is 13.2. The van der Waals surface area contributed by atoms with Crippen LogP contribution in [0.5, 0.6) is 0 Å². The fraction of sp³-hybridized carbons (Fsp3) is 0.769. The number of aryl methyl sites for hydroxylation is 2. The minimum Gasteiger partial charge on any atom is -0.393 e. The molecular formula is C13H24N2O. The zero-order valence-corrected chi connectivity index (χ0v) is 11.1. The molecule has 16 heavy (non-hydrogen) atoms. The Morgan fingerprint density at radius 3 is 2.44 bits per heavy atom. The summed E-state index contributed by atoms with van der Waals surface area (Å²) >= 11 is 0. The van der Waals surface area contributed by atoms with Gasteiger partial charge in [0.1, 0.15) is 0 Å². The Labute approximate surface area is 98.5 Å². The van der Waals surface area contributed by atoms with Crippen LogP contribution in [-0.4, -0.2) is 21.0 Å². The molecule has 0 radical (unpaired) electrons. The molecule has 2 unspecified atom stereocenters. The number of aromatic nitrogens is 2. The number of hydrogen-bond donors (Lipinski definition) is 1. The van der Waals surface area contributed by atoms with E-state index < -0.39 is 0 Å². The molecule has 3 heteroatoms. The van der Waals surface area contributed by atoms with Crippen molar-refractivity contribution >= 4 is 0 Å². The lowest BCUT2D eigenvalue weighted by Gasteiger charge is -2.23. The van der Waals surface area contributed by atoms with Crippen molar-refractivity contribution in [3.05, 3.63) is 17.5 Å². The van der Waals surface area contributed by atoms with Gasteiger partial charge in [-0.25, -0.2) is 0 Å². The van der Waals surface area contributed by atoms with Crippen molar-refractivity contribution in [3.8, 4) is 0 Å². The van der Waals surface area contributed by atoms with Crippen LogP contribution >= 0.6 is 0 Å². The van der Waals surface area contributed by atoms with E-state index in [1.165, 1.54) is 5.69 Å². The van der Waals surface area contributed by atoms with Gasteiger partial charge in [0.25, 0.3) is 0 Å². The molecule has 0 amide bonds. The molecule has 1 rings (SSSR count). The molecule has 0 aromatic carbocycles. The minimum absolute atomic E-state index is 0.263. The fourth-order valence-corrected chi connectivity index (χ4v) is 2.24. The summed E-state index contributed by atoms with van der Waals surface area (Å²) in [4.78, 5) is 0. The molecule has 1 N–H and O–H groups in total. The first-order valence-electron chi connectivity index (χ1n) is 6.17. The molecule has 1 aromatic rings. The van der Waals surface area contributed by atoms with Gasteiger partial charge in [0.15, 0.2) is 0 Å². The highest BCUT2D eigenvalue weighted by molar-refractivity contribution is 5.10. The van der Waals surface area contributed by atoms with E-state index in [9.17, 15) is 5.11 Å². The van der Waals surface area contributed by atoms with Crippen LogP contribution in [0.4, 0.5) is 0 Å². The maximum absolute atomic E-state index is 9.78. The van der Waals surface area contributed by atoms with Gasteiger partial charge in [-0.3, -0.25) is 4.68 Å². The Balaban J connectivity index is 2.84. The van der Waals surface area contributed by atoms with Gasteiger partial charge < -0.3 is 5.11 Å². The summed E-state index contributed by atoms with van der Waals surface area (Å²) in [5, 5.41) is 14.2. The lowest BCUT2D eigenvalue weighted by Crippen LogP contribution is -2.25. The molecule has 0 fully saturated rings. The van der Waals surface area contributed by atoms with Crippen molar-refractivity contribution in [2.45, 2.75) is 53.7 Å². The first-order valence-corrected chi connectivity index (χ1v) is 6.17. The highest BCUT2D eigenvalue weighted by atomic mass is 16.3. The quantitative estimate of drug-likeness (QED) is 0.834. The largest absolute Gasteiger partial charge is 0.393 e. The molecular weight excluding hydrogens is 200 g/mol. The van der Waals surface area contributed by atoms with E-state index in [-0.39, 0.29) is 6.10 Å². The molecule has 0 aliphatic carbocycles. The molecule has 0 saturated carbocycles. The smallest absolute Gasteiger partial charge is 0.0596 e. The third kappa shape index (κ3) is 3.08. The predicted molar refractivity (Wildman–Crippen MR) is 66.4 cm³/mol. The van der Waals surface area contributed by atoms with Crippen LogP contribution in [0.3, 0.4) is 0 Å². The van der Waals surface area contributed by atoms with Crippen molar-refractivity contribution in [1.29, 1.82) is 0 Å². The SMILES string of the molecule is CCn1nc(C)cc1CC(C(C)C)C(C)O. The van der Waals surface area contributed by atoms with E-state index in [1.807, 2.05) is 18.5 Å². The van der Waals surface area contributed by atoms with Crippen molar-refractivity contribution in [3.63, 3.8) is 0 Å². The molecule has 1 heterocycles. The molecule has 0 bridgehead atoms. The summed E-state index contributed by atoms with van der Waals surface area (Å²) in [6.45, 7) is 11.2. The normalized spacial score (nSPS) is 15.4. The van der Waals surface area contributed by atoms with E-state index in [4.69, 9.17) is 0 Å². The molecule has 0 aliphatic heterocycles. The second kappa shape index (κ2) is 5.48. The number of aliphatic hydroxyl groups is 1. The van der Waals surface area contributed by atoms with E-state index in [2.05, 4.69) is 31.9 Å². The van der Waals surface area contributed by atoms with Gasteiger partial charge in [-0.05, 0) is 45.1 Å². The third-order valence-corrected chi connectivity index (χ3v) is 3.21. The zero-order valence-electron chi connectivity index (χ0n) is 11.1. The van der Waals surface area contributed by atoms with Crippen LogP contribution < -0.4 is 0 Å². The van der Waals surface area contributed by atoms with E-state index >= 15 is 0 Å². The second-order valence-electron chi connectivity index (χ2n) is 4.95. The molecule has 2 atom stereocenters. The Kier molecular flexibility index (Phi) is 4.54. The van der Waals surface area contributed by atoms with Gasteiger partial charge in [0.2, 0.25) is 0 Å². The fourth-order valence-electron chi connectivity index (χ4n) is 2.24. The molecule has 3 nitrogen and oxygen atoms in total. The highest BCUT2D eigenvalue weighted by Crippen LogP contribution is 2.21. The summed E-state index contributed by atoms with van der Waals surface area (Å²) in [7, 11) is 0. The van der Waals surface area contributed by atoms with Crippen molar-refractivity contribution in [2.75, 3.05) is 0 Å². The standard InChI is InChI=1S/C13H24N2O/c1-6-15-12(7-10(4)14-15)8-13(9(2)3)11(5)16/h7,9,11,13,16H,6,8H2,1-5H3. The zero-order chi connectivity index (χ0) is 12.3. The van der Waals surface area contributed by atoms with Crippen LogP contribution in [0.2, 0.25) is 0 Å². The number of nitrogens with zero attached hydrogens (tertiary/aromatic N) is 2. The van der Waals surface area contributed by atoms with E-state index in [0.29, 0.717) is 11.8 Å². The maximum Gasteiger partial charge on any atom is 0.0596 e. The van der Waals surface area contributed by atoms with Gasteiger partial charge in [-0.15, -0.1) is 0 Å². The summed E-state index contributed by atoms with van der Waals surface area (Å²) in [5.74, 6) is 0.793. The van der Waals surface area contributed by atoms with Gasteiger partial charge in [0, 0.05) is 12.2 Å². The van der Waals surface area contributed by atoms with Crippen molar-refractivity contribution in [1.82, 2.24) is 9.78 Å². The Bertz CT molecular complexity index is 321. The van der Waals surface area contributed by atoms with Crippen LogP contribution in [0, 0.1) is 18.8 Å². The number of hydrogen-bond acceptors (Lipinski definition) is 2. The van der Waals surface area contributed by atoms with E-state index in [0.717, 1.165) is 18.7 Å². The lowest BCUT2D eigenvalue weighted by atomic mass is 9.87. The van der Waals surface area contributed by atoms with Crippen molar-refractivity contribution in [2.24, 2.45) is 11.8 Å². The van der Waals surface area contributed by atoms with Crippen LogP contribution in [0.1, 0.15) is 39.1 Å². The van der Waals surface area contributed by atoms with Crippen LogP contribution in [-0.2, 0) is 13.0 Å². The van der Waals surface area contributed by atoms with E-state index in [1.54, 1.807) is 0 Å². The Morgan fingerprint density at radius 1 is 1.38 bits per heavy atom. The first-order chi connectivity index (χ1) is 7.45. The average Bonchev–Trinajstić information content (AvgIpc) is 2.54. The Morgan fingerprint density at radius 2 is 2.00 bits per heavy atom. The summed E-state index contributed by atoms with van der Waals surface area (Å²) in [5.41, 5.74) is 2.30. The monoisotopic (exact) mass is 224 g/mol.